The van der Waals surface area contributed by atoms with Crippen molar-refractivity contribution >= 4 is 16.7 Å². The number of rotatable bonds is 5. The average molecular weight is 322 g/mol. The first-order chi connectivity index (χ1) is 11.7. The average Bonchev–Trinajstić information content (AvgIpc) is 2.61. The van der Waals surface area contributed by atoms with Gasteiger partial charge in [0.05, 0.1) is 20.6 Å². The molecule has 0 aromatic heterocycles. The van der Waals surface area contributed by atoms with Gasteiger partial charge in [-0.1, -0.05) is 30.3 Å². The van der Waals surface area contributed by atoms with Gasteiger partial charge >= 0.3 is 5.97 Å². The number of methoxy groups -OCH3 is 2. The van der Waals surface area contributed by atoms with Gasteiger partial charge in [0.2, 0.25) is 0 Å². The van der Waals surface area contributed by atoms with Gasteiger partial charge in [-0.2, -0.15) is 0 Å². The summed E-state index contributed by atoms with van der Waals surface area (Å²) >= 11 is 0. The van der Waals surface area contributed by atoms with Gasteiger partial charge in [0, 0.05) is 5.56 Å². The molecule has 4 nitrogen and oxygen atoms in total. The van der Waals surface area contributed by atoms with Gasteiger partial charge in [-0.05, 0) is 41.1 Å². The van der Waals surface area contributed by atoms with Crippen LogP contribution in [-0.4, -0.2) is 20.2 Å². The zero-order valence-electron chi connectivity index (χ0n) is 13.6. The highest BCUT2D eigenvalue weighted by molar-refractivity contribution is 5.86. The molecule has 3 aromatic rings. The lowest BCUT2D eigenvalue weighted by Crippen LogP contribution is -2.11. The summed E-state index contributed by atoms with van der Waals surface area (Å²) in [4.78, 5) is 12.2. The fourth-order valence-electron chi connectivity index (χ4n) is 2.57. The number of fused-ring (bicyclic) bond motifs is 1. The predicted octanol–water partition coefficient (Wildman–Crippen LogP) is 4.01. The number of ether oxygens (including phenoxy) is 3. The highest BCUT2D eigenvalue weighted by atomic mass is 16.5. The first-order valence-electron chi connectivity index (χ1n) is 7.60. The summed E-state index contributed by atoms with van der Waals surface area (Å²) < 4.78 is 15.9. The van der Waals surface area contributed by atoms with Gasteiger partial charge < -0.3 is 14.2 Å². The number of esters is 1. The Bertz CT molecular complexity index is 870. The van der Waals surface area contributed by atoms with E-state index in [1.54, 1.807) is 20.3 Å². The number of hydrogen-bond donors (Lipinski definition) is 0. The molecule has 0 aliphatic carbocycles. The summed E-state index contributed by atoms with van der Waals surface area (Å²) in [6.07, 6.45) is 0.153. The van der Waals surface area contributed by atoms with Crippen LogP contribution in [0.5, 0.6) is 17.2 Å². The number of carbonyl (C=O) groups is 1. The number of benzene rings is 3. The van der Waals surface area contributed by atoms with Crippen molar-refractivity contribution in [2.75, 3.05) is 14.2 Å². The van der Waals surface area contributed by atoms with Crippen LogP contribution >= 0.6 is 0 Å². The van der Waals surface area contributed by atoms with Crippen molar-refractivity contribution in [3.8, 4) is 17.2 Å². The molecule has 0 amide bonds. The van der Waals surface area contributed by atoms with Crippen LogP contribution in [0.4, 0.5) is 0 Å². The summed E-state index contributed by atoms with van der Waals surface area (Å²) in [5.74, 6) is 1.62. The Morgan fingerprint density at radius 3 is 2.29 bits per heavy atom. The summed E-state index contributed by atoms with van der Waals surface area (Å²) in [6.45, 7) is 0. The summed E-state index contributed by atoms with van der Waals surface area (Å²) in [5, 5.41) is 2.01. The van der Waals surface area contributed by atoms with Crippen LogP contribution in [0.1, 0.15) is 5.56 Å². The molecule has 0 unspecified atom stereocenters. The van der Waals surface area contributed by atoms with Gasteiger partial charge in [-0.25, -0.2) is 0 Å². The van der Waals surface area contributed by atoms with Crippen LogP contribution in [0.3, 0.4) is 0 Å². The Kier molecular flexibility index (Phi) is 4.66. The molecule has 3 aromatic carbocycles. The fourth-order valence-corrected chi connectivity index (χ4v) is 2.57. The molecule has 0 spiro atoms. The van der Waals surface area contributed by atoms with E-state index < -0.39 is 0 Å². The van der Waals surface area contributed by atoms with Crippen LogP contribution in [0, 0.1) is 0 Å². The van der Waals surface area contributed by atoms with Crippen LogP contribution in [0.25, 0.3) is 10.8 Å². The molecule has 0 atom stereocenters. The van der Waals surface area contributed by atoms with Crippen molar-refractivity contribution in [1.29, 1.82) is 0 Å². The normalized spacial score (nSPS) is 10.4. The molecular formula is C20H18O4. The summed E-state index contributed by atoms with van der Waals surface area (Å²) in [7, 11) is 3.21. The number of hydrogen-bond acceptors (Lipinski definition) is 4. The molecule has 0 fully saturated rings. The lowest BCUT2D eigenvalue weighted by Gasteiger charge is -2.09. The zero-order valence-corrected chi connectivity index (χ0v) is 13.6. The minimum absolute atomic E-state index is 0.153. The Balaban J connectivity index is 1.77. The Hall–Kier alpha value is -3.01. The van der Waals surface area contributed by atoms with E-state index in [9.17, 15) is 4.79 Å². The Morgan fingerprint density at radius 2 is 1.54 bits per heavy atom. The maximum absolute atomic E-state index is 12.2. The van der Waals surface area contributed by atoms with Crippen LogP contribution < -0.4 is 14.2 Å². The summed E-state index contributed by atoms with van der Waals surface area (Å²) in [6, 6.07) is 18.7. The second-order valence-corrected chi connectivity index (χ2v) is 5.34. The predicted molar refractivity (Wildman–Crippen MR) is 92.8 cm³/mol. The number of para-hydroxylation sites is 1. The van der Waals surface area contributed by atoms with E-state index in [4.69, 9.17) is 14.2 Å². The molecule has 3 rings (SSSR count). The Labute approximate surface area is 140 Å². The van der Waals surface area contributed by atoms with Gasteiger partial charge in [-0.15, -0.1) is 0 Å². The fraction of sp³-hybridized carbons (Fsp3) is 0.150. The lowest BCUT2D eigenvalue weighted by molar-refractivity contribution is -0.133. The molecule has 0 heterocycles. The van der Waals surface area contributed by atoms with E-state index in [0.717, 1.165) is 22.1 Å². The molecule has 0 aliphatic rings. The molecule has 0 saturated heterocycles. The molecule has 122 valence electrons. The van der Waals surface area contributed by atoms with E-state index in [0.29, 0.717) is 11.5 Å². The third-order valence-electron chi connectivity index (χ3n) is 3.78. The lowest BCUT2D eigenvalue weighted by atomic mass is 10.1. The van der Waals surface area contributed by atoms with Crippen molar-refractivity contribution in [1.82, 2.24) is 0 Å². The van der Waals surface area contributed by atoms with Crippen LogP contribution in [0.2, 0.25) is 0 Å². The van der Waals surface area contributed by atoms with Gasteiger partial charge in [0.15, 0.2) is 0 Å². The second kappa shape index (κ2) is 7.04. The van der Waals surface area contributed by atoms with E-state index in [2.05, 4.69) is 0 Å². The molecule has 4 heteroatoms. The zero-order chi connectivity index (χ0) is 16.9. The highest BCUT2D eigenvalue weighted by Crippen LogP contribution is 2.25. The van der Waals surface area contributed by atoms with E-state index in [-0.39, 0.29) is 12.4 Å². The second-order valence-electron chi connectivity index (χ2n) is 5.34. The standard InChI is InChI=1S/C20H18O4/c1-22-17-9-7-14-8-10-18(12-16(14)11-17)24-20(21)13-15-5-3-4-6-19(15)23-2/h3-12H,13H2,1-2H3. The molecule has 24 heavy (non-hydrogen) atoms. The minimum Gasteiger partial charge on any atom is -0.497 e. The monoisotopic (exact) mass is 322 g/mol. The third-order valence-corrected chi connectivity index (χ3v) is 3.78. The first-order valence-corrected chi connectivity index (χ1v) is 7.60. The van der Waals surface area contributed by atoms with Crippen molar-refractivity contribution in [2.24, 2.45) is 0 Å². The summed E-state index contributed by atoms with van der Waals surface area (Å²) in [5.41, 5.74) is 0.799. The quantitative estimate of drug-likeness (QED) is 0.526. The third kappa shape index (κ3) is 3.49. The molecule has 0 radical (unpaired) electrons. The maximum Gasteiger partial charge on any atom is 0.315 e. The molecule has 0 saturated carbocycles. The SMILES string of the molecule is COc1ccc2ccc(OC(=O)Cc3ccccc3OC)cc2c1. The molecule has 0 aliphatic heterocycles. The van der Waals surface area contributed by atoms with Gasteiger partial charge in [-0.3, -0.25) is 4.79 Å². The topological polar surface area (TPSA) is 44.8 Å². The molecular weight excluding hydrogens is 304 g/mol. The van der Waals surface area contributed by atoms with E-state index >= 15 is 0 Å². The Morgan fingerprint density at radius 1 is 0.833 bits per heavy atom. The van der Waals surface area contributed by atoms with Crippen LogP contribution in [-0.2, 0) is 11.2 Å². The molecule has 0 N–H and O–H groups in total. The van der Waals surface area contributed by atoms with Crippen LogP contribution in [0.15, 0.2) is 60.7 Å². The number of carbonyl (C=O) groups excluding carboxylic acids is 1. The highest BCUT2D eigenvalue weighted by Gasteiger charge is 2.11. The maximum atomic E-state index is 12.2. The molecule has 0 bridgehead atoms. The van der Waals surface area contributed by atoms with E-state index in [1.165, 1.54) is 0 Å². The van der Waals surface area contributed by atoms with E-state index in [1.807, 2.05) is 54.6 Å². The van der Waals surface area contributed by atoms with Crippen molar-refractivity contribution in [3.05, 3.63) is 66.2 Å². The van der Waals surface area contributed by atoms with Crippen molar-refractivity contribution in [3.63, 3.8) is 0 Å². The minimum atomic E-state index is -0.332. The first kappa shape index (κ1) is 15.9. The smallest absolute Gasteiger partial charge is 0.315 e. The van der Waals surface area contributed by atoms with Gasteiger partial charge in [0.1, 0.15) is 17.2 Å². The van der Waals surface area contributed by atoms with Crippen molar-refractivity contribution < 1.29 is 19.0 Å². The van der Waals surface area contributed by atoms with Gasteiger partial charge in [0.25, 0.3) is 0 Å². The largest absolute Gasteiger partial charge is 0.497 e. The van der Waals surface area contributed by atoms with Crippen molar-refractivity contribution in [2.45, 2.75) is 6.42 Å².